The third-order valence-corrected chi connectivity index (χ3v) is 6.31. The summed E-state index contributed by atoms with van der Waals surface area (Å²) >= 11 is 0. The first-order valence-electron chi connectivity index (χ1n) is 11.2. The highest BCUT2D eigenvalue weighted by Crippen LogP contribution is 2.46. The Hall–Kier alpha value is -3.35. The molecule has 166 valence electrons. The van der Waals surface area contributed by atoms with Gasteiger partial charge in [-0.3, -0.25) is 9.59 Å². The smallest absolute Gasteiger partial charge is 0.302 e. The van der Waals surface area contributed by atoms with Crippen molar-refractivity contribution in [3.05, 3.63) is 41.5 Å². The van der Waals surface area contributed by atoms with Crippen LogP contribution in [0.2, 0.25) is 0 Å². The van der Waals surface area contributed by atoms with Gasteiger partial charge >= 0.3 is 5.97 Å². The topological polar surface area (TPSA) is 84.7 Å². The Kier molecular flexibility index (Phi) is 5.12. The monoisotopic (exact) mass is 433 g/mol. The highest BCUT2D eigenvalue weighted by atomic mass is 16.5. The second kappa shape index (κ2) is 7.97. The molecule has 7 heteroatoms. The lowest BCUT2D eigenvalue weighted by Gasteiger charge is -2.37. The van der Waals surface area contributed by atoms with Crippen LogP contribution in [0.15, 0.2) is 34.9 Å². The number of fused-ring (bicyclic) bond motifs is 2. The number of rotatable bonds is 5. The SMILES string of the molecule is CC(=O)OCCNc1cc(N2C[C@@H](C)C[C@H](C)C2)c2noc3c2c1C(=O)c1ccccc1-3. The molecule has 3 aromatic rings. The van der Waals surface area contributed by atoms with Crippen molar-refractivity contribution in [1.29, 1.82) is 0 Å². The van der Waals surface area contributed by atoms with Gasteiger partial charge in [0.1, 0.15) is 12.1 Å². The number of hydrogen-bond acceptors (Lipinski definition) is 7. The second-order valence-electron chi connectivity index (χ2n) is 9.05. The fraction of sp³-hybridized carbons (Fsp3) is 0.400. The van der Waals surface area contributed by atoms with Gasteiger partial charge in [-0.2, -0.15) is 0 Å². The van der Waals surface area contributed by atoms with Crippen molar-refractivity contribution in [3.63, 3.8) is 0 Å². The summed E-state index contributed by atoms with van der Waals surface area (Å²) in [5.74, 6) is 1.38. The van der Waals surface area contributed by atoms with E-state index in [1.807, 2.05) is 30.3 Å². The van der Waals surface area contributed by atoms with E-state index in [2.05, 4.69) is 29.2 Å². The van der Waals surface area contributed by atoms with Gasteiger partial charge in [-0.25, -0.2) is 0 Å². The minimum Gasteiger partial charge on any atom is -0.464 e. The average molecular weight is 434 g/mol. The first kappa shape index (κ1) is 20.5. The number of esters is 1. The van der Waals surface area contributed by atoms with Crippen LogP contribution < -0.4 is 10.2 Å². The average Bonchev–Trinajstić information content (AvgIpc) is 3.19. The Morgan fingerprint density at radius 1 is 1.22 bits per heavy atom. The summed E-state index contributed by atoms with van der Waals surface area (Å²) in [7, 11) is 0. The molecule has 2 atom stereocenters. The van der Waals surface area contributed by atoms with Crippen LogP contribution in [0.1, 0.15) is 43.1 Å². The summed E-state index contributed by atoms with van der Waals surface area (Å²) in [6, 6.07) is 9.49. The number of nitrogens with one attached hydrogen (secondary N) is 1. The van der Waals surface area contributed by atoms with E-state index in [-0.39, 0.29) is 18.4 Å². The van der Waals surface area contributed by atoms with Crippen molar-refractivity contribution in [3.8, 4) is 11.3 Å². The number of aromatic nitrogens is 1. The predicted octanol–water partition coefficient (Wildman–Crippen LogP) is 4.50. The Morgan fingerprint density at radius 2 is 1.94 bits per heavy atom. The number of anilines is 2. The molecule has 32 heavy (non-hydrogen) atoms. The number of hydrogen-bond donors (Lipinski definition) is 1. The number of ether oxygens (including phenoxy) is 1. The van der Waals surface area contributed by atoms with Crippen LogP contribution in [0, 0.1) is 11.8 Å². The van der Waals surface area contributed by atoms with Crippen molar-refractivity contribution >= 4 is 34.0 Å². The third-order valence-electron chi connectivity index (χ3n) is 6.31. The molecule has 0 amide bonds. The molecule has 2 aliphatic rings. The van der Waals surface area contributed by atoms with Crippen molar-refractivity contribution in [1.82, 2.24) is 5.16 Å². The Bertz CT molecular complexity index is 1210. The van der Waals surface area contributed by atoms with Gasteiger partial charge in [0.25, 0.3) is 0 Å². The zero-order valence-electron chi connectivity index (χ0n) is 18.6. The number of benzene rings is 2. The van der Waals surface area contributed by atoms with E-state index in [4.69, 9.17) is 9.26 Å². The maximum absolute atomic E-state index is 13.5. The van der Waals surface area contributed by atoms with E-state index in [0.29, 0.717) is 35.3 Å². The number of carbonyl (C=O) groups is 2. The van der Waals surface area contributed by atoms with E-state index in [0.717, 1.165) is 40.9 Å². The summed E-state index contributed by atoms with van der Waals surface area (Å²) in [5.41, 5.74) is 4.36. The van der Waals surface area contributed by atoms with Crippen LogP contribution in [-0.4, -0.2) is 43.2 Å². The van der Waals surface area contributed by atoms with E-state index in [9.17, 15) is 9.59 Å². The number of ketones is 1. The Balaban J connectivity index is 1.66. The number of nitrogens with zero attached hydrogens (tertiary/aromatic N) is 2. The quantitative estimate of drug-likeness (QED) is 0.366. The van der Waals surface area contributed by atoms with E-state index >= 15 is 0 Å². The molecular formula is C25H27N3O4. The molecule has 0 bridgehead atoms. The van der Waals surface area contributed by atoms with Gasteiger partial charge in [-0.05, 0) is 24.3 Å². The van der Waals surface area contributed by atoms with Gasteiger partial charge in [-0.1, -0.05) is 43.3 Å². The molecule has 1 aliphatic heterocycles. The van der Waals surface area contributed by atoms with Gasteiger partial charge in [0.2, 0.25) is 0 Å². The van der Waals surface area contributed by atoms with E-state index in [1.165, 1.54) is 13.3 Å². The zero-order chi connectivity index (χ0) is 22.4. The fourth-order valence-electron chi connectivity index (χ4n) is 5.16. The molecular weight excluding hydrogens is 406 g/mol. The summed E-state index contributed by atoms with van der Waals surface area (Å²) in [5, 5.41) is 8.53. The molecule has 1 aromatic heterocycles. The highest BCUT2D eigenvalue weighted by Gasteiger charge is 2.34. The first-order chi connectivity index (χ1) is 15.4. The summed E-state index contributed by atoms with van der Waals surface area (Å²) in [6.07, 6.45) is 1.20. The number of piperidine rings is 1. The maximum Gasteiger partial charge on any atom is 0.302 e. The lowest BCUT2D eigenvalue weighted by molar-refractivity contribution is -0.140. The van der Waals surface area contributed by atoms with Crippen LogP contribution >= 0.6 is 0 Å². The molecule has 0 spiro atoms. The fourth-order valence-corrected chi connectivity index (χ4v) is 5.16. The predicted molar refractivity (Wildman–Crippen MR) is 123 cm³/mol. The third kappa shape index (κ3) is 3.42. The van der Waals surface area contributed by atoms with Crippen LogP contribution in [0.25, 0.3) is 22.2 Å². The first-order valence-corrected chi connectivity index (χ1v) is 11.2. The van der Waals surface area contributed by atoms with E-state index < -0.39 is 0 Å². The van der Waals surface area contributed by atoms with Crippen LogP contribution in [0.5, 0.6) is 0 Å². The standard InChI is InChI=1S/C25H27N3O4/c1-14-10-15(2)13-28(12-14)20-11-19(26-8-9-31-16(3)29)21-22-23(20)27-32-25(22)18-7-5-4-6-17(18)24(21)30/h4-7,11,14-15,26H,8-10,12-13H2,1-3H3/t14-,15-/m0/s1. The largest absolute Gasteiger partial charge is 0.464 e. The highest BCUT2D eigenvalue weighted by molar-refractivity contribution is 6.28. The van der Waals surface area contributed by atoms with Gasteiger partial charge in [0, 0.05) is 43.4 Å². The molecule has 0 unspecified atom stereocenters. The zero-order valence-corrected chi connectivity index (χ0v) is 18.6. The van der Waals surface area contributed by atoms with Crippen LogP contribution in [0.3, 0.4) is 0 Å². The Morgan fingerprint density at radius 3 is 2.66 bits per heavy atom. The van der Waals surface area contributed by atoms with E-state index in [1.54, 1.807) is 0 Å². The molecule has 2 heterocycles. The van der Waals surface area contributed by atoms with Crippen molar-refractivity contribution in [2.45, 2.75) is 27.2 Å². The molecule has 0 radical (unpaired) electrons. The molecule has 1 aliphatic carbocycles. The summed E-state index contributed by atoms with van der Waals surface area (Å²) < 4.78 is 10.9. The van der Waals surface area contributed by atoms with Crippen LogP contribution in [-0.2, 0) is 9.53 Å². The van der Waals surface area contributed by atoms with Crippen molar-refractivity contribution in [2.75, 3.05) is 36.5 Å². The lowest BCUT2D eigenvalue weighted by Crippen LogP contribution is -2.39. The van der Waals surface area contributed by atoms with Gasteiger partial charge in [0.05, 0.1) is 16.6 Å². The van der Waals surface area contributed by atoms with Gasteiger partial charge in [-0.15, -0.1) is 0 Å². The normalized spacial score (nSPS) is 19.7. The molecule has 2 aromatic carbocycles. The maximum atomic E-state index is 13.5. The summed E-state index contributed by atoms with van der Waals surface area (Å²) in [4.78, 5) is 27.0. The second-order valence-corrected chi connectivity index (χ2v) is 9.05. The van der Waals surface area contributed by atoms with Crippen molar-refractivity contribution in [2.24, 2.45) is 11.8 Å². The van der Waals surface area contributed by atoms with Crippen LogP contribution in [0.4, 0.5) is 11.4 Å². The molecule has 1 saturated heterocycles. The molecule has 0 saturated carbocycles. The van der Waals surface area contributed by atoms with Crippen molar-refractivity contribution < 1.29 is 18.8 Å². The Labute approximate surface area is 186 Å². The van der Waals surface area contributed by atoms with Gasteiger partial charge < -0.3 is 19.5 Å². The molecule has 7 nitrogen and oxygen atoms in total. The molecule has 1 fully saturated rings. The molecule has 1 N–H and O–H groups in total. The lowest BCUT2D eigenvalue weighted by atomic mass is 9.85. The van der Waals surface area contributed by atoms with Gasteiger partial charge in [0.15, 0.2) is 11.5 Å². The summed E-state index contributed by atoms with van der Waals surface area (Å²) in [6.45, 7) is 8.40. The minimum absolute atomic E-state index is 0.0526. The number of carbonyl (C=O) groups excluding carboxylic acids is 2. The molecule has 5 rings (SSSR count). The minimum atomic E-state index is -0.327.